The third-order valence-corrected chi connectivity index (χ3v) is 2.96. The van der Waals surface area contributed by atoms with Gasteiger partial charge in [0.1, 0.15) is 0 Å². The van der Waals surface area contributed by atoms with Gasteiger partial charge in [-0.2, -0.15) is 0 Å². The molecule has 0 saturated carbocycles. The Kier molecular flexibility index (Phi) is 3.37. The van der Waals surface area contributed by atoms with Crippen molar-refractivity contribution in [3.05, 3.63) is 29.8 Å². The van der Waals surface area contributed by atoms with Gasteiger partial charge in [-0.25, -0.2) is 9.79 Å². The lowest BCUT2D eigenvalue weighted by molar-refractivity contribution is 0.555. The quantitative estimate of drug-likeness (QED) is 0.573. The minimum atomic E-state index is 0.0173. The van der Waals surface area contributed by atoms with Gasteiger partial charge in [-0.1, -0.05) is 18.2 Å². The maximum atomic E-state index is 10.2. The number of hydrogen-bond donors (Lipinski definition) is 0. The van der Waals surface area contributed by atoms with Crippen LogP contribution in [-0.2, 0) is 11.2 Å². The second kappa shape index (κ2) is 4.95. The van der Waals surface area contributed by atoms with Gasteiger partial charge in [-0.05, 0) is 31.4 Å². The zero-order chi connectivity index (χ0) is 11.4. The Morgan fingerprint density at radius 3 is 3.12 bits per heavy atom. The molecule has 0 aromatic heterocycles. The molecule has 0 aliphatic carbocycles. The van der Waals surface area contributed by atoms with Gasteiger partial charge in [-0.15, -0.1) is 0 Å². The van der Waals surface area contributed by atoms with Crippen molar-refractivity contribution in [1.82, 2.24) is 0 Å². The average Bonchev–Trinajstić information content (AvgIpc) is 2.30. The van der Waals surface area contributed by atoms with E-state index in [9.17, 15) is 4.79 Å². The first kappa shape index (κ1) is 10.9. The number of fused-ring (bicyclic) bond motifs is 1. The van der Waals surface area contributed by atoms with E-state index in [1.165, 1.54) is 17.7 Å². The lowest BCUT2D eigenvalue weighted by Crippen LogP contribution is -2.34. The summed E-state index contributed by atoms with van der Waals surface area (Å²) in [6.07, 6.45) is 3.96. The van der Waals surface area contributed by atoms with Crippen LogP contribution in [0.25, 0.3) is 0 Å². The predicted molar refractivity (Wildman–Crippen MR) is 64.6 cm³/mol. The zero-order valence-corrected chi connectivity index (χ0v) is 9.52. The number of aryl methyl sites for hydroxylation is 1. The Morgan fingerprint density at radius 1 is 1.50 bits per heavy atom. The Morgan fingerprint density at radius 2 is 2.31 bits per heavy atom. The highest BCUT2D eigenvalue weighted by Crippen LogP contribution is 2.26. The van der Waals surface area contributed by atoms with Crippen molar-refractivity contribution in [1.29, 1.82) is 0 Å². The lowest BCUT2D eigenvalue weighted by Gasteiger charge is -2.32. The number of rotatable bonds is 3. The van der Waals surface area contributed by atoms with Gasteiger partial charge in [0.15, 0.2) is 0 Å². The van der Waals surface area contributed by atoms with Gasteiger partial charge in [0, 0.05) is 18.8 Å². The van der Waals surface area contributed by atoms with Crippen LogP contribution in [0.1, 0.15) is 18.9 Å². The van der Waals surface area contributed by atoms with Crippen LogP contribution in [0.15, 0.2) is 29.3 Å². The van der Waals surface area contributed by atoms with Gasteiger partial charge >= 0.3 is 0 Å². The lowest BCUT2D eigenvalue weighted by atomic mass is 10.0. The van der Waals surface area contributed by atoms with Crippen molar-refractivity contribution in [2.24, 2.45) is 4.99 Å². The number of carbonyl (C=O) groups excluding carboxylic acids is 1. The van der Waals surface area contributed by atoms with E-state index in [1.807, 2.05) is 6.92 Å². The van der Waals surface area contributed by atoms with Crippen LogP contribution in [0.3, 0.4) is 0 Å². The predicted octanol–water partition coefficient (Wildman–Crippen LogP) is 2.16. The Labute approximate surface area is 95.8 Å². The summed E-state index contributed by atoms with van der Waals surface area (Å²) in [5.74, 6) is 0. The fourth-order valence-electron chi connectivity index (χ4n) is 2.25. The molecule has 0 N–H and O–H groups in total. The van der Waals surface area contributed by atoms with E-state index in [1.54, 1.807) is 6.08 Å². The van der Waals surface area contributed by atoms with Gasteiger partial charge in [-0.3, -0.25) is 0 Å². The molecule has 1 heterocycles. The summed E-state index contributed by atoms with van der Waals surface area (Å²) in [4.78, 5) is 16.2. The molecule has 1 aliphatic rings. The van der Waals surface area contributed by atoms with Gasteiger partial charge in [0.05, 0.1) is 6.04 Å². The smallest absolute Gasteiger partial charge is 0.235 e. The van der Waals surface area contributed by atoms with Crippen molar-refractivity contribution in [3.8, 4) is 0 Å². The molecular weight excluding hydrogens is 200 g/mol. The number of benzene rings is 1. The molecule has 0 amide bonds. The fourth-order valence-corrected chi connectivity index (χ4v) is 2.25. The molecule has 1 aromatic carbocycles. The van der Waals surface area contributed by atoms with Crippen molar-refractivity contribution in [2.75, 3.05) is 18.0 Å². The third kappa shape index (κ3) is 2.31. The number of aliphatic imine (C=N–C) groups is 1. The topological polar surface area (TPSA) is 32.7 Å². The Hall–Kier alpha value is -1.60. The van der Waals surface area contributed by atoms with Crippen molar-refractivity contribution >= 4 is 11.8 Å². The Bertz CT molecular complexity index is 410. The maximum absolute atomic E-state index is 10.2. The summed E-state index contributed by atoms with van der Waals surface area (Å²) >= 11 is 0. The summed E-state index contributed by atoms with van der Waals surface area (Å²) < 4.78 is 0. The number of para-hydroxylation sites is 1. The minimum Gasteiger partial charge on any atom is -0.369 e. The zero-order valence-electron chi connectivity index (χ0n) is 9.52. The summed E-state index contributed by atoms with van der Waals surface area (Å²) in [6, 6.07) is 8.48. The molecule has 0 radical (unpaired) electrons. The molecule has 1 atom stereocenters. The first-order chi connectivity index (χ1) is 7.81. The molecule has 16 heavy (non-hydrogen) atoms. The second-order valence-electron chi connectivity index (χ2n) is 4.25. The van der Waals surface area contributed by atoms with Crippen LogP contribution in [0.4, 0.5) is 5.69 Å². The van der Waals surface area contributed by atoms with E-state index in [4.69, 9.17) is 0 Å². The summed E-state index contributed by atoms with van der Waals surface area (Å²) in [5, 5.41) is 0. The third-order valence-electron chi connectivity index (χ3n) is 2.96. The largest absolute Gasteiger partial charge is 0.369 e. The molecule has 0 spiro atoms. The van der Waals surface area contributed by atoms with Gasteiger partial charge in [0.2, 0.25) is 6.08 Å². The van der Waals surface area contributed by atoms with E-state index in [2.05, 4.69) is 34.2 Å². The first-order valence-corrected chi connectivity index (χ1v) is 5.71. The van der Waals surface area contributed by atoms with E-state index >= 15 is 0 Å². The van der Waals surface area contributed by atoms with E-state index in [-0.39, 0.29) is 6.04 Å². The maximum Gasteiger partial charge on any atom is 0.235 e. The number of anilines is 1. The highest BCUT2D eigenvalue weighted by molar-refractivity contribution is 5.55. The molecule has 3 heteroatoms. The molecular formula is C13H16N2O. The van der Waals surface area contributed by atoms with Crippen LogP contribution < -0.4 is 4.90 Å². The molecule has 1 aromatic rings. The molecule has 0 bridgehead atoms. The fraction of sp³-hybridized carbons (Fsp3) is 0.462. The van der Waals surface area contributed by atoms with Crippen LogP contribution in [0.5, 0.6) is 0 Å². The first-order valence-electron chi connectivity index (χ1n) is 5.71. The van der Waals surface area contributed by atoms with Crippen LogP contribution >= 0.6 is 0 Å². The van der Waals surface area contributed by atoms with Crippen LogP contribution in [0, 0.1) is 0 Å². The highest BCUT2D eigenvalue weighted by atomic mass is 16.1. The van der Waals surface area contributed by atoms with E-state index < -0.39 is 0 Å². The number of nitrogens with zero attached hydrogens (tertiary/aromatic N) is 2. The minimum absolute atomic E-state index is 0.0173. The van der Waals surface area contributed by atoms with E-state index in [0.717, 1.165) is 19.5 Å². The van der Waals surface area contributed by atoms with Gasteiger partial charge < -0.3 is 4.90 Å². The van der Waals surface area contributed by atoms with Crippen molar-refractivity contribution in [2.45, 2.75) is 25.8 Å². The molecule has 0 saturated heterocycles. The average molecular weight is 216 g/mol. The highest BCUT2D eigenvalue weighted by Gasteiger charge is 2.17. The summed E-state index contributed by atoms with van der Waals surface area (Å²) in [6.45, 7) is 3.80. The van der Waals surface area contributed by atoms with Crippen molar-refractivity contribution in [3.63, 3.8) is 0 Å². The van der Waals surface area contributed by atoms with Crippen LogP contribution in [0.2, 0.25) is 0 Å². The van der Waals surface area contributed by atoms with E-state index in [0.29, 0.717) is 0 Å². The summed E-state index contributed by atoms with van der Waals surface area (Å²) in [7, 11) is 0. The number of hydrogen-bond acceptors (Lipinski definition) is 3. The Balaban J connectivity index is 2.15. The molecule has 1 aliphatic heterocycles. The van der Waals surface area contributed by atoms with Gasteiger partial charge in [0.25, 0.3) is 0 Å². The molecule has 1 unspecified atom stereocenters. The molecule has 84 valence electrons. The van der Waals surface area contributed by atoms with Crippen LogP contribution in [-0.4, -0.2) is 25.2 Å². The second-order valence-corrected chi connectivity index (χ2v) is 4.25. The molecule has 0 fully saturated rings. The molecule has 2 rings (SSSR count). The molecule has 3 nitrogen and oxygen atoms in total. The monoisotopic (exact) mass is 216 g/mol. The SMILES string of the molecule is CC(CN1CCCc2ccccc21)N=C=O. The van der Waals surface area contributed by atoms with Crippen molar-refractivity contribution < 1.29 is 4.79 Å². The number of isocyanates is 1. The normalized spacial score (nSPS) is 16.2. The standard InChI is InChI=1S/C13H16N2O/c1-11(14-10-16)9-15-8-4-6-12-5-2-3-7-13(12)15/h2-3,5,7,11H,4,6,8-9H2,1H3. The summed E-state index contributed by atoms with van der Waals surface area (Å²) in [5.41, 5.74) is 2.69.